The van der Waals surface area contributed by atoms with Gasteiger partial charge in [0.2, 0.25) is 0 Å². The number of ether oxygens (including phenoxy) is 5. The van der Waals surface area contributed by atoms with Gasteiger partial charge in [0, 0.05) is 0 Å². The average Bonchev–Trinajstić information content (AvgIpc) is 2.94. The van der Waals surface area contributed by atoms with E-state index in [-0.39, 0.29) is 6.61 Å². The summed E-state index contributed by atoms with van der Waals surface area (Å²) < 4.78 is 31.4. The van der Waals surface area contributed by atoms with E-state index in [0.29, 0.717) is 13.2 Å². The van der Waals surface area contributed by atoms with Gasteiger partial charge in [-0.15, -0.1) is 6.58 Å². The van der Waals surface area contributed by atoms with E-state index in [1.807, 2.05) is 112 Å². The van der Waals surface area contributed by atoms with Crippen LogP contribution in [0, 0.1) is 0 Å². The van der Waals surface area contributed by atoms with Gasteiger partial charge < -0.3 is 23.7 Å². The van der Waals surface area contributed by atoms with E-state index in [1.165, 1.54) is 0 Å². The maximum Gasteiger partial charge on any atom is 0.338 e. The molecule has 0 amide bonds. The molecule has 0 aromatic heterocycles. The van der Waals surface area contributed by atoms with Gasteiger partial charge in [0.1, 0.15) is 30.0 Å². The van der Waals surface area contributed by atoms with Crippen molar-refractivity contribution in [3.63, 3.8) is 0 Å². The van der Waals surface area contributed by atoms with Gasteiger partial charge in [0.25, 0.3) is 0 Å². The summed E-state index contributed by atoms with van der Waals surface area (Å²) in [5.74, 6) is -0.512. The molecule has 1 aliphatic rings. The van der Waals surface area contributed by atoms with Gasteiger partial charge in [0.15, 0.2) is 6.10 Å². The van der Waals surface area contributed by atoms with Crippen LogP contribution < -0.4 is 0 Å². The molecule has 6 nitrogen and oxygen atoms in total. The fourth-order valence-electron chi connectivity index (χ4n) is 4.47. The second-order valence-corrected chi connectivity index (χ2v) is 10.6. The lowest BCUT2D eigenvalue weighted by molar-refractivity contribution is -0.259. The number of rotatable bonds is 11. The minimum Gasteiger partial charge on any atom is -0.458 e. The van der Waals surface area contributed by atoms with Gasteiger partial charge in [-0.2, -0.15) is 0 Å². The molecule has 0 aliphatic carbocycles. The van der Waals surface area contributed by atoms with E-state index in [0.717, 1.165) is 16.7 Å². The predicted octanol–water partition coefficient (Wildman–Crippen LogP) is 6.04. The molecule has 5 atom stereocenters. The Balaban J connectivity index is 1.65. The SMILES string of the molecule is C=C[C@@H]1O[C@H](C(=O)OC(C)(C)C)[C@@H](OCc2ccccc2)[C@H](OCc2ccccc2)[C@H]1OCc1ccccc1. The van der Waals surface area contributed by atoms with Gasteiger partial charge in [-0.3, -0.25) is 0 Å². The fraction of sp³-hybridized carbons (Fsp3) is 0.364. The average molecular weight is 531 g/mol. The van der Waals surface area contributed by atoms with Crippen molar-refractivity contribution in [3.05, 3.63) is 120 Å². The van der Waals surface area contributed by atoms with E-state index in [9.17, 15) is 4.79 Å². The highest BCUT2D eigenvalue weighted by molar-refractivity contribution is 5.76. The van der Waals surface area contributed by atoms with Crippen molar-refractivity contribution >= 4 is 5.97 Å². The van der Waals surface area contributed by atoms with Crippen molar-refractivity contribution in [2.24, 2.45) is 0 Å². The predicted molar refractivity (Wildman–Crippen MR) is 150 cm³/mol. The van der Waals surface area contributed by atoms with Crippen molar-refractivity contribution < 1.29 is 28.5 Å². The molecular weight excluding hydrogens is 492 g/mol. The van der Waals surface area contributed by atoms with Crippen LogP contribution in [0.4, 0.5) is 0 Å². The number of benzene rings is 3. The van der Waals surface area contributed by atoms with E-state index >= 15 is 0 Å². The maximum atomic E-state index is 13.4. The van der Waals surface area contributed by atoms with Gasteiger partial charge >= 0.3 is 5.97 Å². The van der Waals surface area contributed by atoms with Crippen LogP contribution in [0.2, 0.25) is 0 Å². The third-order valence-corrected chi connectivity index (χ3v) is 6.30. The monoisotopic (exact) mass is 530 g/mol. The van der Waals surface area contributed by atoms with Crippen LogP contribution in [0.3, 0.4) is 0 Å². The minimum absolute atomic E-state index is 0.267. The summed E-state index contributed by atoms with van der Waals surface area (Å²) in [4.78, 5) is 13.4. The molecule has 1 saturated heterocycles. The van der Waals surface area contributed by atoms with E-state index in [4.69, 9.17) is 23.7 Å². The van der Waals surface area contributed by atoms with Crippen LogP contribution in [-0.2, 0) is 48.3 Å². The quantitative estimate of drug-likeness (QED) is 0.223. The maximum absolute atomic E-state index is 13.4. The number of carbonyl (C=O) groups is 1. The van der Waals surface area contributed by atoms with Crippen LogP contribution in [0.5, 0.6) is 0 Å². The largest absolute Gasteiger partial charge is 0.458 e. The first-order chi connectivity index (χ1) is 18.8. The molecule has 3 aromatic rings. The summed E-state index contributed by atoms with van der Waals surface area (Å²) >= 11 is 0. The highest BCUT2D eigenvalue weighted by Crippen LogP contribution is 2.32. The zero-order chi connectivity index (χ0) is 27.7. The summed E-state index contributed by atoms with van der Waals surface area (Å²) in [5.41, 5.74) is 2.28. The Morgan fingerprint density at radius 3 is 1.54 bits per heavy atom. The van der Waals surface area contributed by atoms with Gasteiger partial charge in [-0.05, 0) is 37.5 Å². The highest BCUT2D eigenvalue weighted by Gasteiger charge is 2.51. The minimum atomic E-state index is -1.03. The second-order valence-electron chi connectivity index (χ2n) is 10.6. The van der Waals surface area contributed by atoms with Crippen LogP contribution >= 0.6 is 0 Å². The Hall–Kier alpha value is -3.29. The zero-order valence-corrected chi connectivity index (χ0v) is 22.9. The molecule has 6 heteroatoms. The molecule has 1 heterocycles. The lowest BCUT2D eigenvalue weighted by Gasteiger charge is -2.45. The molecule has 0 bridgehead atoms. The number of hydrogen-bond donors (Lipinski definition) is 0. The summed E-state index contributed by atoms with van der Waals surface area (Å²) in [6.07, 6.45) is -2.02. The van der Waals surface area contributed by atoms with Crippen LogP contribution in [0.15, 0.2) is 104 Å². The topological polar surface area (TPSA) is 63.2 Å². The van der Waals surface area contributed by atoms with Crippen LogP contribution in [0.25, 0.3) is 0 Å². The Labute approximate surface area is 231 Å². The first-order valence-corrected chi connectivity index (χ1v) is 13.3. The summed E-state index contributed by atoms with van der Waals surface area (Å²) in [6.45, 7) is 10.4. The summed E-state index contributed by atoms with van der Waals surface area (Å²) in [6, 6.07) is 29.6. The van der Waals surface area contributed by atoms with Gasteiger partial charge in [-0.25, -0.2) is 4.79 Å². The lowest BCUT2D eigenvalue weighted by Crippen LogP contribution is -2.62. The molecule has 3 aromatic carbocycles. The van der Waals surface area contributed by atoms with Crippen molar-refractivity contribution in [3.8, 4) is 0 Å². The Morgan fingerprint density at radius 2 is 1.13 bits per heavy atom. The van der Waals surface area contributed by atoms with Crippen molar-refractivity contribution in [2.75, 3.05) is 0 Å². The first kappa shape index (κ1) is 28.7. The summed E-state index contributed by atoms with van der Waals surface area (Å²) in [7, 11) is 0. The van der Waals surface area contributed by atoms with Gasteiger partial charge in [-0.1, -0.05) is 97.1 Å². The lowest BCUT2D eigenvalue weighted by atomic mass is 9.93. The Kier molecular flexibility index (Phi) is 10.1. The molecule has 0 saturated carbocycles. The third kappa shape index (κ3) is 8.35. The number of hydrogen-bond acceptors (Lipinski definition) is 6. The molecule has 4 rings (SSSR count). The highest BCUT2D eigenvalue weighted by atomic mass is 16.6. The number of carbonyl (C=O) groups excluding carboxylic acids is 1. The van der Waals surface area contributed by atoms with E-state index < -0.39 is 42.1 Å². The molecule has 0 spiro atoms. The molecule has 0 radical (unpaired) electrons. The Morgan fingerprint density at radius 1 is 0.718 bits per heavy atom. The molecule has 1 aliphatic heterocycles. The van der Waals surface area contributed by atoms with E-state index in [1.54, 1.807) is 6.08 Å². The second kappa shape index (κ2) is 13.7. The molecule has 39 heavy (non-hydrogen) atoms. The fourth-order valence-corrected chi connectivity index (χ4v) is 4.47. The molecular formula is C33H38O6. The van der Waals surface area contributed by atoms with Crippen LogP contribution in [-0.4, -0.2) is 42.1 Å². The number of esters is 1. The molecule has 0 unspecified atom stereocenters. The molecule has 1 fully saturated rings. The smallest absolute Gasteiger partial charge is 0.338 e. The normalized spacial score (nSPS) is 23.2. The standard InChI is InChI=1S/C33H38O6/c1-5-27-28(35-21-24-15-9-6-10-16-24)29(36-22-25-17-11-7-12-18-25)30(37-23-26-19-13-8-14-20-26)31(38-27)32(34)39-33(2,3)4/h5-20,27-31H,1,21-23H2,2-4H3/t27-,28-,29+,30-,31-/m0/s1. The summed E-state index contributed by atoms with van der Waals surface area (Å²) in [5, 5.41) is 0. The van der Waals surface area contributed by atoms with Crippen molar-refractivity contribution in [1.29, 1.82) is 0 Å². The molecule has 0 N–H and O–H groups in total. The zero-order valence-electron chi connectivity index (χ0n) is 22.9. The van der Waals surface area contributed by atoms with E-state index in [2.05, 4.69) is 6.58 Å². The third-order valence-electron chi connectivity index (χ3n) is 6.30. The van der Waals surface area contributed by atoms with Crippen LogP contribution in [0.1, 0.15) is 37.5 Å². The molecule has 206 valence electrons. The van der Waals surface area contributed by atoms with Crippen molar-refractivity contribution in [2.45, 2.75) is 76.7 Å². The first-order valence-electron chi connectivity index (χ1n) is 13.3. The Bertz CT molecular complexity index is 1160. The van der Waals surface area contributed by atoms with Gasteiger partial charge in [0.05, 0.1) is 19.8 Å². The van der Waals surface area contributed by atoms with Crippen molar-refractivity contribution in [1.82, 2.24) is 0 Å².